The number of hydrogen-bond donors (Lipinski definition) is 1. The molecule has 0 spiro atoms. The van der Waals surface area contributed by atoms with Gasteiger partial charge in [-0.3, -0.25) is 0 Å². The molecule has 3 rings (SSSR count). The minimum Gasteiger partial charge on any atom is -0.345 e. The van der Waals surface area contributed by atoms with Gasteiger partial charge in [0.05, 0.1) is 0 Å². The van der Waals surface area contributed by atoms with Crippen molar-refractivity contribution in [1.82, 2.24) is 9.88 Å². The molecule has 0 amide bonds. The standard InChI is InChI=1S/C16H22N2/c1-13-12-15-4-2-3-5-16(15)18(13)11-8-14-6-9-17-10-7-14/h2-5,12,14,17H,6-11H2,1H3. The van der Waals surface area contributed by atoms with Crippen molar-refractivity contribution in [3.63, 3.8) is 0 Å². The molecule has 96 valence electrons. The first-order valence-electron chi connectivity index (χ1n) is 7.10. The number of aromatic nitrogens is 1. The Balaban J connectivity index is 1.75. The zero-order chi connectivity index (χ0) is 12.4. The lowest BCUT2D eigenvalue weighted by molar-refractivity contribution is 0.339. The topological polar surface area (TPSA) is 17.0 Å². The molecule has 2 heterocycles. The van der Waals surface area contributed by atoms with Crippen molar-refractivity contribution in [3.8, 4) is 0 Å². The molecule has 0 bridgehead atoms. The van der Waals surface area contributed by atoms with Crippen LogP contribution >= 0.6 is 0 Å². The second-order valence-electron chi connectivity index (χ2n) is 5.48. The highest BCUT2D eigenvalue weighted by molar-refractivity contribution is 5.81. The van der Waals surface area contributed by atoms with Crippen LogP contribution < -0.4 is 5.32 Å². The van der Waals surface area contributed by atoms with Crippen LogP contribution in [0.3, 0.4) is 0 Å². The van der Waals surface area contributed by atoms with E-state index in [1.807, 2.05) is 0 Å². The lowest BCUT2D eigenvalue weighted by atomic mass is 9.95. The summed E-state index contributed by atoms with van der Waals surface area (Å²) in [6.07, 6.45) is 4.01. The van der Waals surface area contributed by atoms with Gasteiger partial charge in [-0.25, -0.2) is 0 Å². The fraction of sp³-hybridized carbons (Fsp3) is 0.500. The number of nitrogens with one attached hydrogen (secondary N) is 1. The monoisotopic (exact) mass is 242 g/mol. The number of benzene rings is 1. The van der Waals surface area contributed by atoms with Crippen LogP contribution in [0.2, 0.25) is 0 Å². The molecule has 2 nitrogen and oxygen atoms in total. The lowest BCUT2D eigenvalue weighted by Gasteiger charge is -2.23. The van der Waals surface area contributed by atoms with E-state index < -0.39 is 0 Å². The quantitative estimate of drug-likeness (QED) is 0.873. The fourth-order valence-corrected chi connectivity index (χ4v) is 3.13. The highest BCUT2D eigenvalue weighted by atomic mass is 15.0. The molecule has 1 saturated heterocycles. The summed E-state index contributed by atoms with van der Waals surface area (Å²) in [5.74, 6) is 0.909. The second-order valence-corrected chi connectivity index (χ2v) is 5.48. The SMILES string of the molecule is Cc1cc2ccccc2n1CCC1CCNCC1. The maximum Gasteiger partial charge on any atom is 0.0482 e. The van der Waals surface area contributed by atoms with E-state index in [2.05, 4.69) is 47.1 Å². The Hall–Kier alpha value is -1.28. The highest BCUT2D eigenvalue weighted by Gasteiger charge is 2.13. The molecular weight excluding hydrogens is 220 g/mol. The van der Waals surface area contributed by atoms with Gasteiger partial charge >= 0.3 is 0 Å². The Morgan fingerprint density at radius 1 is 1.22 bits per heavy atom. The van der Waals surface area contributed by atoms with Gasteiger partial charge in [0.15, 0.2) is 0 Å². The summed E-state index contributed by atoms with van der Waals surface area (Å²) in [6, 6.07) is 11.0. The van der Waals surface area contributed by atoms with Crippen LogP contribution in [0.1, 0.15) is 25.0 Å². The molecule has 1 N–H and O–H groups in total. The van der Waals surface area contributed by atoms with E-state index in [-0.39, 0.29) is 0 Å². The molecule has 1 aromatic heterocycles. The van der Waals surface area contributed by atoms with Gasteiger partial charge in [0.2, 0.25) is 0 Å². The molecule has 1 aromatic carbocycles. The number of fused-ring (bicyclic) bond motifs is 1. The molecule has 1 aliphatic rings. The number of hydrogen-bond acceptors (Lipinski definition) is 1. The smallest absolute Gasteiger partial charge is 0.0482 e. The van der Waals surface area contributed by atoms with Crippen LogP contribution in [0.5, 0.6) is 0 Å². The minimum atomic E-state index is 0.909. The van der Waals surface area contributed by atoms with E-state index in [0.29, 0.717) is 0 Å². The molecule has 18 heavy (non-hydrogen) atoms. The van der Waals surface area contributed by atoms with E-state index in [9.17, 15) is 0 Å². The molecule has 1 fully saturated rings. The Morgan fingerprint density at radius 2 is 2.00 bits per heavy atom. The molecule has 2 aromatic rings. The molecule has 1 aliphatic heterocycles. The van der Waals surface area contributed by atoms with E-state index in [1.165, 1.54) is 55.5 Å². The lowest BCUT2D eigenvalue weighted by Crippen LogP contribution is -2.28. The third-order valence-electron chi connectivity index (χ3n) is 4.24. The first-order chi connectivity index (χ1) is 8.84. The zero-order valence-electron chi connectivity index (χ0n) is 11.2. The molecular formula is C16H22N2. The summed E-state index contributed by atoms with van der Waals surface area (Å²) in [5, 5.41) is 4.82. The van der Waals surface area contributed by atoms with Crippen molar-refractivity contribution in [2.75, 3.05) is 13.1 Å². The van der Waals surface area contributed by atoms with Crippen molar-refractivity contribution in [2.24, 2.45) is 5.92 Å². The Morgan fingerprint density at radius 3 is 2.83 bits per heavy atom. The number of nitrogens with zero attached hydrogens (tertiary/aromatic N) is 1. The van der Waals surface area contributed by atoms with Gasteiger partial charge in [-0.1, -0.05) is 18.2 Å². The summed E-state index contributed by atoms with van der Waals surface area (Å²) in [7, 11) is 0. The van der Waals surface area contributed by atoms with Crippen LogP contribution in [-0.2, 0) is 6.54 Å². The number of rotatable bonds is 3. The van der Waals surface area contributed by atoms with Gasteiger partial charge in [0.25, 0.3) is 0 Å². The normalized spacial score (nSPS) is 17.4. The van der Waals surface area contributed by atoms with Crippen LogP contribution in [0.25, 0.3) is 10.9 Å². The molecule has 0 unspecified atom stereocenters. The predicted molar refractivity (Wildman–Crippen MR) is 76.9 cm³/mol. The Bertz CT molecular complexity index is 521. The molecule has 0 aliphatic carbocycles. The Kier molecular flexibility index (Phi) is 3.37. The van der Waals surface area contributed by atoms with Crippen LogP contribution in [0.4, 0.5) is 0 Å². The molecule has 0 radical (unpaired) electrons. The Labute approximate surface area is 109 Å². The fourth-order valence-electron chi connectivity index (χ4n) is 3.13. The molecule has 0 atom stereocenters. The average molecular weight is 242 g/mol. The van der Waals surface area contributed by atoms with Gasteiger partial charge in [-0.05, 0) is 62.7 Å². The van der Waals surface area contributed by atoms with Gasteiger partial charge in [0, 0.05) is 17.8 Å². The number of para-hydroxylation sites is 1. The third kappa shape index (κ3) is 2.30. The van der Waals surface area contributed by atoms with E-state index >= 15 is 0 Å². The zero-order valence-corrected chi connectivity index (χ0v) is 11.2. The van der Waals surface area contributed by atoms with Crippen molar-refractivity contribution in [2.45, 2.75) is 32.7 Å². The second kappa shape index (κ2) is 5.15. The van der Waals surface area contributed by atoms with E-state index in [1.54, 1.807) is 0 Å². The van der Waals surface area contributed by atoms with Crippen LogP contribution in [-0.4, -0.2) is 17.7 Å². The average Bonchev–Trinajstić information content (AvgIpc) is 2.73. The first kappa shape index (κ1) is 11.8. The van der Waals surface area contributed by atoms with Crippen molar-refractivity contribution >= 4 is 10.9 Å². The van der Waals surface area contributed by atoms with Crippen molar-refractivity contribution < 1.29 is 0 Å². The van der Waals surface area contributed by atoms with Gasteiger partial charge < -0.3 is 9.88 Å². The summed E-state index contributed by atoms with van der Waals surface area (Å²) in [5.41, 5.74) is 2.79. The largest absolute Gasteiger partial charge is 0.345 e. The maximum absolute atomic E-state index is 3.44. The third-order valence-corrected chi connectivity index (χ3v) is 4.24. The van der Waals surface area contributed by atoms with Crippen LogP contribution in [0.15, 0.2) is 30.3 Å². The van der Waals surface area contributed by atoms with Crippen molar-refractivity contribution in [3.05, 3.63) is 36.0 Å². The van der Waals surface area contributed by atoms with E-state index in [4.69, 9.17) is 0 Å². The summed E-state index contributed by atoms with van der Waals surface area (Å²) < 4.78 is 2.48. The maximum atomic E-state index is 3.44. The first-order valence-corrected chi connectivity index (χ1v) is 7.10. The summed E-state index contributed by atoms with van der Waals surface area (Å²) >= 11 is 0. The number of aryl methyl sites for hydroxylation is 2. The van der Waals surface area contributed by atoms with Gasteiger partial charge in [-0.2, -0.15) is 0 Å². The molecule has 0 saturated carbocycles. The van der Waals surface area contributed by atoms with E-state index in [0.717, 1.165) is 5.92 Å². The summed E-state index contributed by atoms with van der Waals surface area (Å²) in [6.45, 7) is 5.80. The predicted octanol–water partition coefficient (Wildman–Crippen LogP) is 3.34. The van der Waals surface area contributed by atoms with Crippen molar-refractivity contribution in [1.29, 1.82) is 0 Å². The van der Waals surface area contributed by atoms with Gasteiger partial charge in [-0.15, -0.1) is 0 Å². The summed E-state index contributed by atoms with van der Waals surface area (Å²) in [4.78, 5) is 0. The molecule has 2 heteroatoms. The van der Waals surface area contributed by atoms with Gasteiger partial charge in [0.1, 0.15) is 0 Å². The van der Waals surface area contributed by atoms with Crippen LogP contribution in [0, 0.1) is 12.8 Å². The minimum absolute atomic E-state index is 0.909. The number of piperidine rings is 1. The highest BCUT2D eigenvalue weighted by Crippen LogP contribution is 2.22.